The van der Waals surface area contributed by atoms with E-state index in [1.807, 2.05) is 12.1 Å². The van der Waals surface area contributed by atoms with Crippen molar-refractivity contribution >= 4 is 0 Å². The van der Waals surface area contributed by atoms with Gasteiger partial charge in [0.1, 0.15) is 5.75 Å². The van der Waals surface area contributed by atoms with E-state index in [1.165, 1.54) is 36.0 Å². The molecule has 0 spiro atoms. The molecule has 0 bridgehead atoms. The molecule has 21 heavy (non-hydrogen) atoms. The van der Waals surface area contributed by atoms with Crippen LogP contribution in [0.3, 0.4) is 0 Å². The highest BCUT2D eigenvalue weighted by atomic mass is 16.3. The van der Waals surface area contributed by atoms with Gasteiger partial charge in [0.15, 0.2) is 0 Å². The van der Waals surface area contributed by atoms with Crippen LogP contribution in [0.5, 0.6) is 5.75 Å². The normalized spacial score (nSPS) is 18.6. The summed E-state index contributed by atoms with van der Waals surface area (Å²) < 4.78 is 0. The number of phenolic OH excluding ortho intramolecular Hbond substituents is 1. The molecule has 0 fully saturated rings. The predicted octanol–water partition coefficient (Wildman–Crippen LogP) is 3.82. The third kappa shape index (κ3) is 3.85. The minimum atomic E-state index is 0.385. The van der Waals surface area contributed by atoms with Crippen molar-refractivity contribution in [2.75, 3.05) is 0 Å². The maximum absolute atomic E-state index is 9.72. The number of hydrogen-bond donors (Lipinski definition) is 2. The molecular weight excluding hydrogens is 258 g/mol. The van der Waals surface area contributed by atoms with Crippen molar-refractivity contribution in [2.24, 2.45) is 0 Å². The smallest absolute Gasteiger partial charge is 0.115 e. The highest BCUT2D eigenvalue weighted by Gasteiger charge is 2.15. The van der Waals surface area contributed by atoms with Gasteiger partial charge in [-0.1, -0.05) is 42.8 Å². The van der Waals surface area contributed by atoms with Gasteiger partial charge in [0, 0.05) is 12.6 Å². The predicted molar refractivity (Wildman–Crippen MR) is 86.4 cm³/mol. The van der Waals surface area contributed by atoms with Gasteiger partial charge in [0.25, 0.3) is 0 Å². The number of rotatable bonds is 3. The second kappa shape index (κ2) is 6.77. The van der Waals surface area contributed by atoms with E-state index >= 15 is 0 Å². The van der Waals surface area contributed by atoms with E-state index in [-0.39, 0.29) is 0 Å². The van der Waals surface area contributed by atoms with Gasteiger partial charge in [0.2, 0.25) is 0 Å². The summed E-state index contributed by atoms with van der Waals surface area (Å²) in [6, 6.07) is 16.9. The van der Waals surface area contributed by atoms with Crippen molar-refractivity contribution in [3.05, 3.63) is 65.2 Å². The summed E-state index contributed by atoms with van der Waals surface area (Å²) in [4.78, 5) is 0. The van der Waals surface area contributed by atoms with E-state index < -0.39 is 0 Å². The summed E-state index contributed by atoms with van der Waals surface area (Å²) in [5.74, 6) is 0.385. The molecule has 0 aromatic heterocycles. The molecule has 1 unspecified atom stereocenters. The molecule has 1 atom stereocenters. The molecule has 1 aliphatic carbocycles. The van der Waals surface area contributed by atoms with Crippen LogP contribution in [0.25, 0.3) is 0 Å². The molecular formula is C19H23NO. The Hall–Kier alpha value is -1.80. The van der Waals surface area contributed by atoms with Crippen molar-refractivity contribution < 1.29 is 5.11 Å². The highest BCUT2D eigenvalue weighted by molar-refractivity contribution is 5.36. The van der Waals surface area contributed by atoms with Crippen LogP contribution in [0.2, 0.25) is 0 Å². The first kappa shape index (κ1) is 14.2. The van der Waals surface area contributed by atoms with Crippen LogP contribution < -0.4 is 5.32 Å². The zero-order valence-corrected chi connectivity index (χ0v) is 12.4. The molecule has 0 aliphatic heterocycles. The van der Waals surface area contributed by atoms with Gasteiger partial charge in [-0.15, -0.1) is 0 Å². The zero-order chi connectivity index (χ0) is 14.5. The maximum atomic E-state index is 9.72. The van der Waals surface area contributed by atoms with Gasteiger partial charge < -0.3 is 10.4 Å². The van der Waals surface area contributed by atoms with Crippen LogP contribution in [0, 0.1) is 0 Å². The summed E-state index contributed by atoms with van der Waals surface area (Å²) in [5, 5.41) is 13.4. The fourth-order valence-electron chi connectivity index (χ4n) is 3.15. The molecule has 2 nitrogen and oxygen atoms in total. The summed E-state index contributed by atoms with van der Waals surface area (Å²) in [6.45, 7) is 0.916. The molecule has 0 amide bonds. The largest absolute Gasteiger partial charge is 0.508 e. The lowest BCUT2D eigenvalue weighted by Gasteiger charge is -2.23. The fraction of sp³-hybridized carbons (Fsp3) is 0.368. The quantitative estimate of drug-likeness (QED) is 0.896. The van der Waals surface area contributed by atoms with Crippen molar-refractivity contribution in [3.63, 3.8) is 0 Å². The van der Waals surface area contributed by atoms with Crippen molar-refractivity contribution in [1.29, 1.82) is 0 Å². The van der Waals surface area contributed by atoms with Gasteiger partial charge in [-0.25, -0.2) is 0 Å². The number of aromatic hydroxyl groups is 1. The molecule has 0 saturated carbocycles. The Bertz CT molecular complexity index is 579. The lowest BCUT2D eigenvalue weighted by atomic mass is 9.90. The average Bonchev–Trinajstić information content (AvgIpc) is 2.49. The number of hydrogen-bond acceptors (Lipinski definition) is 2. The van der Waals surface area contributed by atoms with Gasteiger partial charge in [-0.3, -0.25) is 0 Å². The van der Waals surface area contributed by atoms with Crippen LogP contribution in [-0.4, -0.2) is 11.1 Å². The minimum Gasteiger partial charge on any atom is -0.508 e. The molecule has 0 saturated heterocycles. The van der Waals surface area contributed by atoms with Crippen LogP contribution in [-0.2, 0) is 19.4 Å². The monoisotopic (exact) mass is 281 g/mol. The minimum absolute atomic E-state index is 0.385. The zero-order valence-electron chi connectivity index (χ0n) is 12.4. The molecule has 2 aromatic rings. The fourth-order valence-corrected chi connectivity index (χ4v) is 3.15. The Morgan fingerprint density at radius 1 is 1.00 bits per heavy atom. The van der Waals surface area contributed by atoms with E-state index in [2.05, 4.69) is 41.7 Å². The van der Waals surface area contributed by atoms with Crippen molar-refractivity contribution in [1.82, 2.24) is 5.32 Å². The molecule has 2 N–H and O–H groups in total. The molecule has 2 heteroatoms. The second-order valence-electron chi connectivity index (χ2n) is 5.97. The van der Waals surface area contributed by atoms with Crippen molar-refractivity contribution in [2.45, 2.75) is 44.7 Å². The summed E-state index contributed by atoms with van der Waals surface area (Å²) in [7, 11) is 0. The third-order valence-corrected chi connectivity index (χ3v) is 4.34. The number of aryl methyl sites for hydroxylation is 1. The molecule has 110 valence electrons. The standard InChI is InChI=1S/C19H23NO/c21-19-11-10-16-8-4-5-9-18(12-17(16)13-19)20-14-15-6-2-1-3-7-15/h1-3,6-7,10-11,13,18,20-21H,4-5,8-9,12,14H2. The van der Waals surface area contributed by atoms with Crippen LogP contribution in [0.4, 0.5) is 0 Å². The van der Waals surface area contributed by atoms with E-state index in [0.717, 1.165) is 19.4 Å². The summed E-state index contributed by atoms with van der Waals surface area (Å²) in [6.07, 6.45) is 5.87. The van der Waals surface area contributed by atoms with Gasteiger partial charge in [-0.2, -0.15) is 0 Å². The number of fused-ring (bicyclic) bond motifs is 1. The van der Waals surface area contributed by atoms with Crippen LogP contribution >= 0.6 is 0 Å². The lowest BCUT2D eigenvalue weighted by molar-refractivity contribution is 0.442. The van der Waals surface area contributed by atoms with E-state index in [1.54, 1.807) is 0 Å². The first-order valence-corrected chi connectivity index (χ1v) is 7.89. The Labute approximate surface area is 126 Å². The first-order chi connectivity index (χ1) is 10.3. The van der Waals surface area contributed by atoms with Gasteiger partial charge in [0.05, 0.1) is 0 Å². The first-order valence-electron chi connectivity index (χ1n) is 7.89. The number of benzene rings is 2. The molecule has 1 aliphatic rings. The van der Waals surface area contributed by atoms with Gasteiger partial charge in [-0.05, 0) is 54.5 Å². The highest BCUT2D eigenvalue weighted by Crippen LogP contribution is 2.24. The third-order valence-electron chi connectivity index (χ3n) is 4.34. The Morgan fingerprint density at radius 3 is 2.71 bits per heavy atom. The van der Waals surface area contributed by atoms with Gasteiger partial charge >= 0.3 is 0 Å². The van der Waals surface area contributed by atoms with E-state index in [4.69, 9.17) is 0 Å². The molecule has 3 rings (SSSR count). The SMILES string of the molecule is Oc1ccc2c(c1)CC(NCc1ccccc1)CCCC2. The second-order valence-corrected chi connectivity index (χ2v) is 5.97. The number of phenols is 1. The average molecular weight is 281 g/mol. The van der Waals surface area contributed by atoms with Crippen LogP contribution in [0.1, 0.15) is 36.0 Å². The topological polar surface area (TPSA) is 32.3 Å². The molecule has 0 heterocycles. The van der Waals surface area contributed by atoms with Crippen molar-refractivity contribution in [3.8, 4) is 5.75 Å². The van der Waals surface area contributed by atoms with E-state index in [0.29, 0.717) is 11.8 Å². The van der Waals surface area contributed by atoms with E-state index in [9.17, 15) is 5.11 Å². The Balaban J connectivity index is 1.68. The molecule has 0 radical (unpaired) electrons. The summed E-state index contributed by atoms with van der Waals surface area (Å²) in [5.41, 5.74) is 4.04. The molecule has 2 aromatic carbocycles. The Kier molecular flexibility index (Phi) is 4.56. The lowest BCUT2D eigenvalue weighted by Crippen LogP contribution is -2.31. The number of nitrogens with one attached hydrogen (secondary N) is 1. The Morgan fingerprint density at radius 2 is 1.86 bits per heavy atom. The maximum Gasteiger partial charge on any atom is 0.115 e. The summed E-state index contributed by atoms with van der Waals surface area (Å²) >= 11 is 0. The van der Waals surface area contributed by atoms with Crippen LogP contribution in [0.15, 0.2) is 48.5 Å².